The van der Waals surface area contributed by atoms with Gasteiger partial charge in [-0.1, -0.05) is 33.6 Å². The Morgan fingerprint density at radius 3 is 2.38 bits per heavy atom. The molecule has 0 heterocycles. The van der Waals surface area contributed by atoms with Crippen molar-refractivity contribution >= 4 is 5.97 Å². The maximum Gasteiger partial charge on any atom is 0.309 e. The largest absolute Gasteiger partial charge is 0.462 e. The minimum absolute atomic E-state index is 0.0407. The van der Waals surface area contributed by atoms with E-state index in [4.69, 9.17) is 4.74 Å². The van der Waals surface area contributed by atoms with E-state index >= 15 is 0 Å². The van der Waals surface area contributed by atoms with Crippen molar-refractivity contribution in [1.29, 1.82) is 0 Å². The van der Waals surface area contributed by atoms with Gasteiger partial charge < -0.3 is 4.74 Å². The second-order valence-electron chi connectivity index (χ2n) is 6.33. The van der Waals surface area contributed by atoms with Crippen LogP contribution in [0.2, 0.25) is 0 Å². The van der Waals surface area contributed by atoms with Crippen molar-refractivity contribution in [3.05, 3.63) is 0 Å². The SMILES string of the molecule is CC(CCC(C)(C)C)OC(=O)C1CCCC1. The van der Waals surface area contributed by atoms with E-state index in [1.165, 1.54) is 12.8 Å². The highest BCUT2D eigenvalue weighted by Crippen LogP contribution is 2.27. The Balaban J connectivity index is 2.22. The van der Waals surface area contributed by atoms with E-state index in [0.29, 0.717) is 5.41 Å². The summed E-state index contributed by atoms with van der Waals surface area (Å²) in [7, 11) is 0. The van der Waals surface area contributed by atoms with E-state index in [9.17, 15) is 4.79 Å². The lowest BCUT2D eigenvalue weighted by Gasteiger charge is -2.22. The molecule has 0 aromatic carbocycles. The van der Waals surface area contributed by atoms with Crippen LogP contribution in [0.1, 0.15) is 66.2 Å². The molecule has 2 heteroatoms. The molecule has 0 aromatic heterocycles. The average Bonchev–Trinajstić information content (AvgIpc) is 2.66. The van der Waals surface area contributed by atoms with E-state index in [0.717, 1.165) is 25.7 Å². The Hall–Kier alpha value is -0.530. The molecule has 0 bridgehead atoms. The number of hydrogen-bond donors (Lipinski definition) is 0. The summed E-state index contributed by atoms with van der Waals surface area (Å²) in [5.41, 5.74) is 0.327. The second kappa shape index (κ2) is 5.70. The van der Waals surface area contributed by atoms with Crippen molar-refractivity contribution in [3.63, 3.8) is 0 Å². The average molecular weight is 226 g/mol. The molecule has 1 aliphatic carbocycles. The quantitative estimate of drug-likeness (QED) is 0.679. The zero-order valence-electron chi connectivity index (χ0n) is 11.2. The smallest absolute Gasteiger partial charge is 0.309 e. The van der Waals surface area contributed by atoms with Crippen LogP contribution in [0.25, 0.3) is 0 Å². The maximum absolute atomic E-state index is 11.8. The summed E-state index contributed by atoms with van der Waals surface area (Å²) in [6.45, 7) is 8.67. The summed E-state index contributed by atoms with van der Waals surface area (Å²) < 4.78 is 5.49. The van der Waals surface area contributed by atoms with Gasteiger partial charge in [-0.15, -0.1) is 0 Å². The summed E-state index contributed by atoms with van der Waals surface area (Å²) >= 11 is 0. The van der Waals surface area contributed by atoms with Gasteiger partial charge in [0.1, 0.15) is 0 Å². The van der Waals surface area contributed by atoms with Gasteiger partial charge in [0.05, 0.1) is 12.0 Å². The lowest BCUT2D eigenvalue weighted by molar-refractivity contribution is -0.153. The molecule has 0 aliphatic heterocycles. The van der Waals surface area contributed by atoms with Gasteiger partial charge in [-0.05, 0) is 38.0 Å². The van der Waals surface area contributed by atoms with Crippen LogP contribution in [0.5, 0.6) is 0 Å². The van der Waals surface area contributed by atoms with E-state index in [2.05, 4.69) is 20.8 Å². The van der Waals surface area contributed by atoms with Crippen LogP contribution < -0.4 is 0 Å². The monoisotopic (exact) mass is 226 g/mol. The molecule has 2 nitrogen and oxygen atoms in total. The lowest BCUT2D eigenvalue weighted by atomic mass is 9.89. The zero-order valence-corrected chi connectivity index (χ0v) is 11.2. The Morgan fingerprint density at radius 2 is 1.88 bits per heavy atom. The number of ether oxygens (including phenoxy) is 1. The van der Waals surface area contributed by atoms with Gasteiger partial charge in [0, 0.05) is 0 Å². The molecule has 0 amide bonds. The van der Waals surface area contributed by atoms with E-state index in [-0.39, 0.29) is 18.0 Å². The highest BCUT2D eigenvalue weighted by Gasteiger charge is 2.25. The van der Waals surface area contributed by atoms with Gasteiger partial charge in [-0.2, -0.15) is 0 Å². The summed E-state index contributed by atoms with van der Waals surface area (Å²) in [5.74, 6) is 0.232. The molecule has 1 fully saturated rings. The summed E-state index contributed by atoms with van der Waals surface area (Å²) in [6, 6.07) is 0. The fraction of sp³-hybridized carbons (Fsp3) is 0.929. The first kappa shape index (κ1) is 13.5. The predicted octanol–water partition coefficient (Wildman–Crippen LogP) is 3.93. The van der Waals surface area contributed by atoms with Crippen LogP contribution in [0.4, 0.5) is 0 Å². The predicted molar refractivity (Wildman–Crippen MR) is 66.2 cm³/mol. The van der Waals surface area contributed by atoms with Crippen LogP contribution in [0.15, 0.2) is 0 Å². The minimum atomic E-state index is 0.0407. The van der Waals surface area contributed by atoms with E-state index in [1.807, 2.05) is 6.92 Å². The van der Waals surface area contributed by atoms with Crippen molar-refractivity contribution in [2.45, 2.75) is 72.3 Å². The van der Waals surface area contributed by atoms with Crippen LogP contribution in [-0.4, -0.2) is 12.1 Å². The fourth-order valence-electron chi connectivity index (χ4n) is 2.15. The Bertz CT molecular complexity index is 221. The van der Waals surface area contributed by atoms with E-state index in [1.54, 1.807) is 0 Å². The fourth-order valence-corrected chi connectivity index (χ4v) is 2.15. The van der Waals surface area contributed by atoms with Crippen LogP contribution in [0, 0.1) is 11.3 Å². The molecule has 0 saturated heterocycles. The first-order chi connectivity index (χ1) is 7.38. The maximum atomic E-state index is 11.8. The molecular weight excluding hydrogens is 200 g/mol. The third-order valence-electron chi connectivity index (χ3n) is 3.31. The molecule has 0 radical (unpaired) electrons. The normalized spacial score (nSPS) is 19.8. The molecule has 0 N–H and O–H groups in total. The number of hydrogen-bond acceptors (Lipinski definition) is 2. The summed E-state index contributed by atoms with van der Waals surface area (Å²) in [4.78, 5) is 11.8. The Kier molecular flexibility index (Phi) is 4.82. The minimum Gasteiger partial charge on any atom is -0.462 e. The van der Waals surface area contributed by atoms with Gasteiger partial charge in [-0.3, -0.25) is 4.79 Å². The number of rotatable bonds is 4. The summed E-state index contributed by atoms with van der Waals surface area (Å²) in [6.07, 6.45) is 6.60. The molecule has 1 rings (SSSR count). The van der Waals surface area contributed by atoms with E-state index < -0.39 is 0 Å². The van der Waals surface area contributed by atoms with Crippen molar-refractivity contribution < 1.29 is 9.53 Å². The number of carbonyl (C=O) groups excluding carboxylic acids is 1. The highest BCUT2D eigenvalue weighted by atomic mass is 16.5. The van der Waals surface area contributed by atoms with Crippen molar-refractivity contribution in [2.75, 3.05) is 0 Å². The molecule has 0 aromatic rings. The molecule has 1 saturated carbocycles. The van der Waals surface area contributed by atoms with Gasteiger partial charge in [-0.25, -0.2) is 0 Å². The third kappa shape index (κ3) is 5.00. The van der Waals surface area contributed by atoms with Gasteiger partial charge in [0.2, 0.25) is 0 Å². The van der Waals surface area contributed by atoms with Gasteiger partial charge in [0.15, 0.2) is 0 Å². The highest BCUT2D eigenvalue weighted by molar-refractivity contribution is 5.72. The van der Waals surface area contributed by atoms with Crippen LogP contribution in [-0.2, 0) is 9.53 Å². The molecule has 1 atom stereocenters. The summed E-state index contributed by atoms with van der Waals surface area (Å²) in [5, 5.41) is 0. The molecule has 94 valence electrons. The topological polar surface area (TPSA) is 26.3 Å². The standard InChI is InChI=1S/C14H26O2/c1-11(9-10-14(2,3)4)16-13(15)12-7-5-6-8-12/h11-12H,5-10H2,1-4H3. The number of esters is 1. The van der Waals surface area contributed by atoms with Crippen molar-refractivity contribution in [3.8, 4) is 0 Å². The van der Waals surface area contributed by atoms with Gasteiger partial charge >= 0.3 is 5.97 Å². The zero-order chi connectivity index (χ0) is 12.2. The molecule has 1 aliphatic rings. The Labute approximate surface area is 99.8 Å². The molecule has 1 unspecified atom stereocenters. The second-order valence-corrected chi connectivity index (χ2v) is 6.33. The number of carbonyl (C=O) groups is 1. The lowest BCUT2D eigenvalue weighted by Crippen LogP contribution is -2.22. The first-order valence-corrected chi connectivity index (χ1v) is 6.59. The molecule has 16 heavy (non-hydrogen) atoms. The van der Waals surface area contributed by atoms with Crippen molar-refractivity contribution in [2.24, 2.45) is 11.3 Å². The third-order valence-corrected chi connectivity index (χ3v) is 3.31. The molecule has 0 spiro atoms. The van der Waals surface area contributed by atoms with Crippen molar-refractivity contribution in [1.82, 2.24) is 0 Å². The Morgan fingerprint density at radius 1 is 1.31 bits per heavy atom. The van der Waals surface area contributed by atoms with Crippen LogP contribution >= 0.6 is 0 Å². The van der Waals surface area contributed by atoms with Gasteiger partial charge in [0.25, 0.3) is 0 Å². The first-order valence-electron chi connectivity index (χ1n) is 6.59. The van der Waals surface area contributed by atoms with Crippen LogP contribution in [0.3, 0.4) is 0 Å². The molecular formula is C14H26O2.